The summed E-state index contributed by atoms with van der Waals surface area (Å²) in [7, 11) is 0. The summed E-state index contributed by atoms with van der Waals surface area (Å²) in [6, 6.07) is 6.88. The van der Waals surface area contributed by atoms with Crippen molar-refractivity contribution in [2.24, 2.45) is 11.3 Å². The zero-order valence-electron chi connectivity index (χ0n) is 11.3. The number of hydrogen-bond acceptors (Lipinski definition) is 0. The molecule has 1 aliphatic carbocycles. The molecule has 16 heavy (non-hydrogen) atoms. The van der Waals surface area contributed by atoms with E-state index in [1.54, 1.807) is 16.7 Å². The molecule has 1 aromatic carbocycles. The Bertz CT molecular complexity index is 387. The number of hydrogen-bond donors (Lipinski definition) is 0. The van der Waals surface area contributed by atoms with Crippen LogP contribution in [0.15, 0.2) is 18.2 Å². The molecule has 0 saturated heterocycles. The smallest absolute Gasteiger partial charge is 0.0213 e. The molecule has 0 saturated carbocycles. The Morgan fingerprint density at radius 2 is 1.75 bits per heavy atom. The lowest BCUT2D eigenvalue weighted by atomic mass is 9.76. The summed E-state index contributed by atoms with van der Waals surface area (Å²) in [4.78, 5) is 0. The lowest BCUT2D eigenvalue weighted by Crippen LogP contribution is -2.23. The minimum atomic E-state index is 0.479. The first-order valence-electron chi connectivity index (χ1n) is 6.54. The maximum absolute atomic E-state index is 2.45. The van der Waals surface area contributed by atoms with E-state index < -0.39 is 0 Å². The summed E-state index contributed by atoms with van der Waals surface area (Å²) in [6.07, 6.45) is 2.54. The number of rotatable bonds is 2. The first kappa shape index (κ1) is 11.7. The Labute approximate surface area is 100 Å². The maximum atomic E-state index is 2.45. The molecule has 1 aliphatic rings. The normalized spacial score (nSPS) is 24.2. The van der Waals surface area contributed by atoms with Crippen LogP contribution in [0.3, 0.4) is 0 Å². The molecule has 0 bridgehead atoms. The second kappa shape index (κ2) is 3.91. The molecule has 1 aromatic rings. The lowest BCUT2D eigenvalue weighted by molar-refractivity contribution is 0.234. The van der Waals surface area contributed by atoms with E-state index in [2.05, 4.69) is 52.8 Å². The van der Waals surface area contributed by atoms with Crippen LogP contribution in [0.5, 0.6) is 0 Å². The van der Waals surface area contributed by atoms with Crippen LogP contribution >= 0.6 is 0 Å². The van der Waals surface area contributed by atoms with Gasteiger partial charge in [-0.2, -0.15) is 0 Å². The van der Waals surface area contributed by atoms with Crippen molar-refractivity contribution in [3.05, 3.63) is 34.9 Å². The second-order valence-corrected chi connectivity index (χ2v) is 6.30. The third-order valence-corrected chi connectivity index (χ3v) is 4.50. The van der Waals surface area contributed by atoms with Gasteiger partial charge in [0.15, 0.2) is 0 Å². The molecule has 0 heterocycles. The largest absolute Gasteiger partial charge is 0.0622 e. The number of benzene rings is 1. The molecule has 0 radical (unpaired) electrons. The van der Waals surface area contributed by atoms with Crippen molar-refractivity contribution in [2.75, 3.05) is 0 Å². The summed E-state index contributed by atoms with van der Waals surface area (Å²) < 4.78 is 0. The Morgan fingerprint density at radius 1 is 1.06 bits per heavy atom. The fraction of sp³-hybridized carbons (Fsp3) is 0.625. The SMILES string of the molecule is CC(C)c1cccc2c1CC(C)(C(C)C)C2. The van der Waals surface area contributed by atoms with Gasteiger partial charge < -0.3 is 0 Å². The van der Waals surface area contributed by atoms with Gasteiger partial charge in [0.2, 0.25) is 0 Å². The van der Waals surface area contributed by atoms with Crippen molar-refractivity contribution >= 4 is 0 Å². The highest BCUT2D eigenvalue weighted by Crippen LogP contribution is 2.44. The summed E-state index contributed by atoms with van der Waals surface area (Å²) in [5.74, 6) is 1.42. The molecule has 88 valence electrons. The predicted octanol–water partition coefficient (Wildman–Crippen LogP) is 4.57. The van der Waals surface area contributed by atoms with Gasteiger partial charge in [0, 0.05) is 0 Å². The van der Waals surface area contributed by atoms with Crippen LogP contribution in [0.1, 0.15) is 57.2 Å². The molecule has 0 nitrogen and oxygen atoms in total. The van der Waals surface area contributed by atoms with Gasteiger partial charge in [-0.05, 0) is 46.8 Å². The van der Waals surface area contributed by atoms with Gasteiger partial charge in [-0.15, -0.1) is 0 Å². The Hall–Kier alpha value is -0.780. The van der Waals surface area contributed by atoms with Crippen molar-refractivity contribution in [3.8, 4) is 0 Å². The van der Waals surface area contributed by atoms with Gasteiger partial charge in [-0.1, -0.05) is 52.8 Å². The van der Waals surface area contributed by atoms with E-state index in [4.69, 9.17) is 0 Å². The van der Waals surface area contributed by atoms with E-state index in [1.165, 1.54) is 12.8 Å². The van der Waals surface area contributed by atoms with Gasteiger partial charge >= 0.3 is 0 Å². The molecule has 0 aromatic heterocycles. The van der Waals surface area contributed by atoms with Gasteiger partial charge in [0.05, 0.1) is 0 Å². The molecule has 0 spiro atoms. The molecular formula is C16H24. The lowest BCUT2D eigenvalue weighted by Gasteiger charge is -2.28. The Kier molecular flexibility index (Phi) is 2.86. The summed E-state index contributed by atoms with van der Waals surface area (Å²) in [6.45, 7) is 11.8. The van der Waals surface area contributed by atoms with Gasteiger partial charge in [-0.25, -0.2) is 0 Å². The zero-order valence-corrected chi connectivity index (χ0v) is 11.3. The molecule has 1 atom stereocenters. The standard InChI is InChI=1S/C16H24/c1-11(2)14-8-6-7-13-9-16(5,12(3)4)10-15(13)14/h6-8,11-12H,9-10H2,1-5H3. The first-order valence-corrected chi connectivity index (χ1v) is 6.54. The highest BCUT2D eigenvalue weighted by molar-refractivity contribution is 5.42. The Balaban J connectivity index is 2.41. The second-order valence-electron chi connectivity index (χ2n) is 6.30. The third kappa shape index (κ3) is 1.79. The topological polar surface area (TPSA) is 0 Å². The molecular weight excluding hydrogens is 192 g/mol. The van der Waals surface area contributed by atoms with E-state index in [0.717, 1.165) is 5.92 Å². The fourth-order valence-electron chi connectivity index (χ4n) is 2.89. The van der Waals surface area contributed by atoms with Crippen molar-refractivity contribution in [2.45, 2.75) is 53.4 Å². The van der Waals surface area contributed by atoms with E-state index >= 15 is 0 Å². The van der Waals surface area contributed by atoms with Crippen LogP contribution in [0.25, 0.3) is 0 Å². The monoisotopic (exact) mass is 216 g/mol. The van der Waals surface area contributed by atoms with E-state index in [9.17, 15) is 0 Å². The quantitative estimate of drug-likeness (QED) is 0.679. The first-order chi connectivity index (χ1) is 7.44. The number of fused-ring (bicyclic) bond motifs is 1. The van der Waals surface area contributed by atoms with Gasteiger partial charge in [0.25, 0.3) is 0 Å². The minimum absolute atomic E-state index is 0.479. The molecule has 2 rings (SSSR count). The summed E-state index contributed by atoms with van der Waals surface area (Å²) in [5, 5.41) is 0. The van der Waals surface area contributed by atoms with Crippen LogP contribution in [-0.4, -0.2) is 0 Å². The van der Waals surface area contributed by atoms with Crippen LogP contribution in [0.4, 0.5) is 0 Å². The predicted molar refractivity (Wildman–Crippen MR) is 70.9 cm³/mol. The van der Waals surface area contributed by atoms with E-state index in [-0.39, 0.29) is 0 Å². The summed E-state index contributed by atoms with van der Waals surface area (Å²) >= 11 is 0. The molecule has 0 heteroatoms. The average Bonchev–Trinajstić information content (AvgIpc) is 2.54. The highest BCUT2D eigenvalue weighted by atomic mass is 14.4. The minimum Gasteiger partial charge on any atom is -0.0622 e. The van der Waals surface area contributed by atoms with E-state index in [0.29, 0.717) is 11.3 Å². The van der Waals surface area contributed by atoms with E-state index in [1.807, 2.05) is 0 Å². The van der Waals surface area contributed by atoms with Crippen molar-refractivity contribution in [3.63, 3.8) is 0 Å². The van der Waals surface area contributed by atoms with Crippen LogP contribution < -0.4 is 0 Å². The van der Waals surface area contributed by atoms with Gasteiger partial charge in [-0.3, -0.25) is 0 Å². The van der Waals surface area contributed by atoms with Crippen molar-refractivity contribution < 1.29 is 0 Å². The van der Waals surface area contributed by atoms with Crippen molar-refractivity contribution in [1.82, 2.24) is 0 Å². The molecule has 0 N–H and O–H groups in total. The maximum Gasteiger partial charge on any atom is -0.0213 e. The fourth-order valence-corrected chi connectivity index (χ4v) is 2.89. The molecule has 0 fully saturated rings. The summed E-state index contributed by atoms with van der Waals surface area (Å²) in [5.41, 5.74) is 5.30. The molecule has 0 aliphatic heterocycles. The van der Waals surface area contributed by atoms with Crippen LogP contribution in [0.2, 0.25) is 0 Å². The van der Waals surface area contributed by atoms with Crippen LogP contribution in [0, 0.1) is 11.3 Å². The third-order valence-electron chi connectivity index (χ3n) is 4.50. The van der Waals surface area contributed by atoms with Crippen LogP contribution in [-0.2, 0) is 12.8 Å². The van der Waals surface area contributed by atoms with Crippen molar-refractivity contribution in [1.29, 1.82) is 0 Å². The average molecular weight is 216 g/mol. The molecule has 1 unspecified atom stereocenters. The Morgan fingerprint density at radius 3 is 2.31 bits per heavy atom. The van der Waals surface area contributed by atoms with Gasteiger partial charge in [0.1, 0.15) is 0 Å². The zero-order chi connectivity index (χ0) is 11.9. The highest BCUT2D eigenvalue weighted by Gasteiger charge is 2.36. The molecule has 0 amide bonds.